The first kappa shape index (κ1) is 13.5. The number of rotatable bonds is 0. The molecule has 0 spiro atoms. The minimum Gasteiger partial charge on any atom is -0.192 e. The van der Waals surface area contributed by atoms with Crippen molar-refractivity contribution in [2.75, 3.05) is 0 Å². The van der Waals surface area contributed by atoms with Crippen molar-refractivity contribution >= 4 is 0 Å². The van der Waals surface area contributed by atoms with Gasteiger partial charge in [-0.15, -0.1) is 0 Å². The quantitative estimate of drug-likeness (QED) is 0.646. The summed E-state index contributed by atoms with van der Waals surface area (Å²) in [4.78, 5) is 0. The van der Waals surface area contributed by atoms with Crippen LogP contribution in [0.3, 0.4) is 0 Å². The molecule has 0 radical (unpaired) electrons. The van der Waals surface area contributed by atoms with Crippen LogP contribution in [0.5, 0.6) is 0 Å². The summed E-state index contributed by atoms with van der Waals surface area (Å²) in [5.74, 6) is 5.75. The normalized spacial score (nSPS) is 15.7. The number of nitriles is 1. The van der Waals surface area contributed by atoms with E-state index in [2.05, 4.69) is 11.8 Å². The molecule has 1 nitrogen and oxygen atoms in total. The van der Waals surface area contributed by atoms with Crippen LogP contribution >= 0.6 is 0 Å². The number of hydrogen-bond donors (Lipinski definition) is 0. The van der Waals surface area contributed by atoms with E-state index in [0.29, 0.717) is 0 Å². The number of hydrogen-bond acceptors (Lipinski definition) is 1. The summed E-state index contributed by atoms with van der Waals surface area (Å²) in [7, 11) is 0. The molecule has 0 atom stereocenters. The molecule has 0 aliphatic heterocycles. The molecule has 4 heteroatoms. The molecule has 98 valence electrons. The van der Waals surface area contributed by atoms with E-state index >= 15 is 0 Å². The molecule has 1 fully saturated rings. The van der Waals surface area contributed by atoms with E-state index in [4.69, 9.17) is 5.26 Å². The topological polar surface area (TPSA) is 23.8 Å². The van der Waals surface area contributed by atoms with Gasteiger partial charge in [-0.1, -0.05) is 24.7 Å². The van der Waals surface area contributed by atoms with Crippen LogP contribution < -0.4 is 0 Å². The standard InChI is InChI=1S/C15H12F3N/c16-15(17,18)14-9-12(10-19)6-8-13(14)7-5-11-3-1-2-4-11/h6,8-9,11H,1-4H2. The highest BCUT2D eigenvalue weighted by atomic mass is 19.4. The Bertz CT molecular complexity index is 564. The van der Waals surface area contributed by atoms with Gasteiger partial charge < -0.3 is 0 Å². The van der Waals surface area contributed by atoms with Crippen LogP contribution in [0.2, 0.25) is 0 Å². The Morgan fingerprint density at radius 3 is 2.42 bits per heavy atom. The fraction of sp³-hybridized carbons (Fsp3) is 0.400. The molecule has 0 N–H and O–H groups in total. The van der Waals surface area contributed by atoms with Gasteiger partial charge in [0, 0.05) is 11.5 Å². The average molecular weight is 263 g/mol. The van der Waals surface area contributed by atoms with Gasteiger partial charge in [-0.05, 0) is 31.0 Å². The zero-order chi connectivity index (χ0) is 13.9. The van der Waals surface area contributed by atoms with Crippen LogP contribution in [0.15, 0.2) is 18.2 Å². The highest BCUT2D eigenvalue weighted by Crippen LogP contribution is 2.32. The van der Waals surface area contributed by atoms with Gasteiger partial charge in [0.2, 0.25) is 0 Å². The molecule has 1 aromatic carbocycles. The number of halogens is 3. The lowest BCUT2D eigenvalue weighted by Gasteiger charge is -2.09. The molecule has 1 aliphatic carbocycles. The maximum Gasteiger partial charge on any atom is 0.417 e. The molecule has 0 unspecified atom stereocenters. The first-order chi connectivity index (χ1) is 9.00. The summed E-state index contributed by atoms with van der Waals surface area (Å²) in [6.45, 7) is 0. The molecule has 0 heterocycles. The van der Waals surface area contributed by atoms with Gasteiger partial charge in [0.15, 0.2) is 0 Å². The van der Waals surface area contributed by atoms with Crippen LogP contribution in [0.1, 0.15) is 42.4 Å². The predicted molar refractivity (Wildman–Crippen MR) is 65.0 cm³/mol. The van der Waals surface area contributed by atoms with Crippen molar-refractivity contribution in [2.45, 2.75) is 31.9 Å². The third kappa shape index (κ3) is 3.29. The van der Waals surface area contributed by atoms with Crippen molar-refractivity contribution in [3.63, 3.8) is 0 Å². The minimum atomic E-state index is -4.48. The molecule has 0 saturated heterocycles. The van der Waals surface area contributed by atoms with Gasteiger partial charge in [-0.25, -0.2) is 0 Å². The number of benzene rings is 1. The van der Waals surface area contributed by atoms with Gasteiger partial charge in [-0.3, -0.25) is 0 Å². The van der Waals surface area contributed by atoms with Crippen molar-refractivity contribution in [3.05, 3.63) is 34.9 Å². The Morgan fingerprint density at radius 1 is 1.16 bits per heavy atom. The van der Waals surface area contributed by atoms with E-state index in [1.807, 2.05) is 0 Å². The molecule has 0 aromatic heterocycles. The molecule has 1 aromatic rings. The number of alkyl halides is 3. The van der Waals surface area contributed by atoms with Crippen molar-refractivity contribution in [1.29, 1.82) is 5.26 Å². The first-order valence-electron chi connectivity index (χ1n) is 6.13. The molecule has 0 amide bonds. The minimum absolute atomic E-state index is 0.00117. The smallest absolute Gasteiger partial charge is 0.192 e. The summed E-state index contributed by atoms with van der Waals surface area (Å²) in [6.07, 6.45) is -0.362. The molecule has 2 rings (SSSR count). The summed E-state index contributed by atoms with van der Waals surface area (Å²) < 4.78 is 38.7. The lowest BCUT2D eigenvalue weighted by molar-refractivity contribution is -0.137. The van der Waals surface area contributed by atoms with E-state index in [-0.39, 0.29) is 17.0 Å². The maximum absolute atomic E-state index is 12.9. The molecule has 1 saturated carbocycles. The van der Waals surface area contributed by atoms with E-state index in [9.17, 15) is 13.2 Å². The molecule has 19 heavy (non-hydrogen) atoms. The Labute approximate surface area is 110 Å². The van der Waals surface area contributed by atoms with E-state index in [1.165, 1.54) is 12.1 Å². The summed E-state index contributed by atoms with van der Waals surface area (Å²) >= 11 is 0. The SMILES string of the molecule is N#Cc1ccc(C#CC2CCCC2)c(C(F)(F)F)c1. The van der Waals surface area contributed by atoms with Crippen LogP contribution in [-0.2, 0) is 6.18 Å². The second-order valence-electron chi connectivity index (χ2n) is 4.62. The van der Waals surface area contributed by atoms with Crippen molar-refractivity contribution in [1.82, 2.24) is 0 Å². The fourth-order valence-corrected chi connectivity index (χ4v) is 2.21. The van der Waals surface area contributed by atoms with Gasteiger partial charge in [0.1, 0.15) is 0 Å². The second-order valence-corrected chi connectivity index (χ2v) is 4.62. The van der Waals surface area contributed by atoms with E-state index < -0.39 is 11.7 Å². The zero-order valence-corrected chi connectivity index (χ0v) is 10.2. The summed E-state index contributed by atoms with van der Waals surface area (Å²) in [6, 6.07) is 5.23. The van der Waals surface area contributed by atoms with E-state index in [1.54, 1.807) is 6.07 Å². The third-order valence-corrected chi connectivity index (χ3v) is 3.22. The monoisotopic (exact) mass is 263 g/mol. The van der Waals surface area contributed by atoms with Crippen molar-refractivity contribution in [2.24, 2.45) is 5.92 Å². The number of nitrogens with zero attached hydrogens (tertiary/aromatic N) is 1. The first-order valence-corrected chi connectivity index (χ1v) is 6.13. The lowest BCUT2D eigenvalue weighted by Crippen LogP contribution is -2.08. The predicted octanol–water partition coefficient (Wildman–Crippen LogP) is 4.12. The fourth-order valence-electron chi connectivity index (χ4n) is 2.21. The van der Waals surface area contributed by atoms with Gasteiger partial charge >= 0.3 is 6.18 Å². The third-order valence-electron chi connectivity index (χ3n) is 3.22. The van der Waals surface area contributed by atoms with Gasteiger partial charge in [0.25, 0.3) is 0 Å². The summed E-state index contributed by atoms with van der Waals surface area (Å²) in [5.41, 5.74) is -0.866. The average Bonchev–Trinajstić information content (AvgIpc) is 2.88. The molecule has 1 aliphatic rings. The molecule has 0 bridgehead atoms. The largest absolute Gasteiger partial charge is 0.417 e. The second kappa shape index (κ2) is 5.36. The highest BCUT2D eigenvalue weighted by Gasteiger charge is 2.33. The van der Waals surface area contributed by atoms with Gasteiger partial charge in [-0.2, -0.15) is 18.4 Å². The van der Waals surface area contributed by atoms with Crippen molar-refractivity contribution in [3.8, 4) is 17.9 Å². The van der Waals surface area contributed by atoms with E-state index in [0.717, 1.165) is 31.7 Å². The Morgan fingerprint density at radius 2 is 1.84 bits per heavy atom. The molecular formula is C15H12F3N. The van der Waals surface area contributed by atoms with Crippen LogP contribution in [0.25, 0.3) is 0 Å². The zero-order valence-electron chi connectivity index (χ0n) is 10.2. The van der Waals surface area contributed by atoms with Crippen molar-refractivity contribution < 1.29 is 13.2 Å². The maximum atomic E-state index is 12.9. The van der Waals surface area contributed by atoms with Crippen LogP contribution in [0, 0.1) is 29.1 Å². The highest BCUT2D eigenvalue weighted by molar-refractivity contribution is 5.48. The Hall–Kier alpha value is -1.94. The Kier molecular flexibility index (Phi) is 3.81. The summed E-state index contributed by atoms with van der Waals surface area (Å²) in [5, 5.41) is 8.67. The van der Waals surface area contributed by atoms with Crippen LogP contribution in [0.4, 0.5) is 13.2 Å². The van der Waals surface area contributed by atoms with Gasteiger partial charge in [0.05, 0.1) is 17.2 Å². The molecular weight excluding hydrogens is 251 g/mol. The van der Waals surface area contributed by atoms with Crippen LogP contribution in [-0.4, -0.2) is 0 Å². The lowest BCUT2D eigenvalue weighted by atomic mass is 10.0. The Balaban J connectivity index is 2.36.